The zero-order valence-electron chi connectivity index (χ0n) is 23.0. The van der Waals surface area contributed by atoms with Gasteiger partial charge in [0.15, 0.2) is 5.82 Å². The normalized spacial score (nSPS) is 18.1. The second-order valence-electron chi connectivity index (χ2n) is 11.2. The molecule has 1 aliphatic heterocycles. The summed E-state index contributed by atoms with van der Waals surface area (Å²) in [5.41, 5.74) is 6.15. The summed E-state index contributed by atoms with van der Waals surface area (Å²) in [6, 6.07) is 12.3. The van der Waals surface area contributed by atoms with Crippen LogP contribution in [0.5, 0.6) is 0 Å². The van der Waals surface area contributed by atoms with Crippen LogP contribution in [0, 0.1) is 20.8 Å². The predicted molar refractivity (Wildman–Crippen MR) is 156 cm³/mol. The van der Waals surface area contributed by atoms with E-state index in [4.69, 9.17) is 11.6 Å². The number of H-pyrrole nitrogens is 1. The summed E-state index contributed by atoms with van der Waals surface area (Å²) in [5, 5.41) is 15.0. The SMILES string of the molecule is Cc1cc(C)c2cc([C@H](c3nnnn3C3CCCCC3)N3CCN(c4cc(Cl)ccc4C)CC3)c(=O)[nH]c2c1. The highest BCUT2D eigenvalue weighted by molar-refractivity contribution is 6.30. The van der Waals surface area contributed by atoms with Crippen LogP contribution in [0.4, 0.5) is 5.69 Å². The molecule has 0 unspecified atom stereocenters. The smallest absolute Gasteiger partial charge is 0.253 e. The van der Waals surface area contributed by atoms with E-state index in [9.17, 15) is 4.79 Å². The van der Waals surface area contributed by atoms with Gasteiger partial charge in [-0.15, -0.1) is 5.10 Å². The number of nitrogens with one attached hydrogen (secondary N) is 1. The molecule has 1 atom stereocenters. The summed E-state index contributed by atoms with van der Waals surface area (Å²) in [6.45, 7) is 9.49. The van der Waals surface area contributed by atoms with Gasteiger partial charge >= 0.3 is 0 Å². The Kier molecular flexibility index (Phi) is 7.16. The lowest BCUT2D eigenvalue weighted by atomic mass is 9.94. The van der Waals surface area contributed by atoms with Crippen molar-refractivity contribution in [3.8, 4) is 0 Å². The Morgan fingerprint density at radius 2 is 1.72 bits per heavy atom. The van der Waals surface area contributed by atoms with E-state index in [-0.39, 0.29) is 17.6 Å². The van der Waals surface area contributed by atoms with Crippen molar-refractivity contribution in [2.45, 2.75) is 65.0 Å². The van der Waals surface area contributed by atoms with Crippen molar-refractivity contribution in [1.29, 1.82) is 0 Å². The number of anilines is 1. The Bertz CT molecular complexity index is 1550. The maximum absolute atomic E-state index is 13.7. The molecule has 8 nitrogen and oxygen atoms in total. The molecule has 204 valence electrons. The number of nitrogens with zero attached hydrogens (tertiary/aromatic N) is 6. The molecule has 0 radical (unpaired) electrons. The number of pyridine rings is 1. The van der Waals surface area contributed by atoms with Crippen LogP contribution in [0.25, 0.3) is 10.9 Å². The minimum absolute atomic E-state index is 0.0798. The molecule has 1 saturated carbocycles. The summed E-state index contributed by atoms with van der Waals surface area (Å²) in [7, 11) is 0. The topological polar surface area (TPSA) is 82.9 Å². The largest absolute Gasteiger partial charge is 0.369 e. The van der Waals surface area contributed by atoms with Gasteiger partial charge in [-0.25, -0.2) is 4.68 Å². The second-order valence-corrected chi connectivity index (χ2v) is 11.7. The number of aromatic amines is 1. The molecule has 2 aromatic carbocycles. The quantitative estimate of drug-likeness (QED) is 0.356. The Morgan fingerprint density at radius 1 is 0.949 bits per heavy atom. The van der Waals surface area contributed by atoms with Crippen LogP contribution in [0.3, 0.4) is 0 Å². The van der Waals surface area contributed by atoms with Crippen molar-refractivity contribution in [3.63, 3.8) is 0 Å². The molecule has 2 aromatic heterocycles. The van der Waals surface area contributed by atoms with Crippen LogP contribution in [-0.2, 0) is 0 Å². The average molecular weight is 546 g/mol. The second kappa shape index (κ2) is 10.7. The van der Waals surface area contributed by atoms with Gasteiger partial charge in [-0.3, -0.25) is 9.69 Å². The third-order valence-electron chi connectivity index (χ3n) is 8.51. The highest BCUT2D eigenvalue weighted by Gasteiger charge is 2.34. The van der Waals surface area contributed by atoms with E-state index in [0.29, 0.717) is 5.56 Å². The lowest BCUT2D eigenvalue weighted by Crippen LogP contribution is -2.49. The summed E-state index contributed by atoms with van der Waals surface area (Å²) in [6.07, 6.45) is 5.76. The van der Waals surface area contributed by atoms with Gasteiger partial charge in [-0.2, -0.15) is 0 Å². The highest BCUT2D eigenvalue weighted by atomic mass is 35.5. The number of aryl methyl sites for hydroxylation is 3. The molecule has 2 aliphatic rings. The van der Waals surface area contributed by atoms with Crippen molar-refractivity contribution in [2.24, 2.45) is 0 Å². The molecule has 9 heteroatoms. The number of benzene rings is 2. The number of rotatable bonds is 5. The van der Waals surface area contributed by atoms with Gasteiger partial charge in [0.1, 0.15) is 6.04 Å². The van der Waals surface area contributed by atoms with Gasteiger partial charge in [0.05, 0.1) is 6.04 Å². The fourth-order valence-corrected chi connectivity index (χ4v) is 6.67. The standard InChI is InChI=1S/C30H36ClN7O/c1-19-15-21(3)24-18-25(30(39)32-26(24)16-19)28(29-33-34-35-38(29)23-7-5-4-6-8-23)37-13-11-36(12-14-37)27-17-22(31)10-9-20(27)2/h9-10,15-18,23,28H,4-8,11-14H2,1-3H3,(H,32,39)/t28-/m1/s1. The zero-order chi connectivity index (χ0) is 27.1. The number of halogens is 1. The third kappa shape index (κ3) is 5.08. The van der Waals surface area contributed by atoms with Gasteiger partial charge in [0, 0.05) is 53.4 Å². The van der Waals surface area contributed by atoms with E-state index in [1.54, 1.807) is 0 Å². The van der Waals surface area contributed by atoms with Crippen molar-refractivity contribution in [3.05, 3.63) is 79.9 Å². The molecule has 1 aliphatic carbocycles. The molecular weight excluding hydrogens is 510 g/mol. The number of aromatic nitrogens is 5. The number of fused-ring (bicyclic) bond motifs is 1. The lowest BCUT2D eigenvalue weighted by molar-refractivity contribution is 0.192. The van der Waals surface area contributed by atoms with E-state index in [1.165, 1.54) is 30.5 Å². The maximum Gasteiger partial charge on any atom is 0.253 e. The van der Waals surface area contributed by atoms with Crippen molar-refractivity contribution >= 4 is 28.2 Å². The predicted octanol–water partition coefficient (Wildman–Crippen LogP) is 5.51. The number of tetrazole rings is 1. The van der Waals surface area contributed by atoms with Crippen molar-refractivity contribution in [2.75, 3.05) is 31.1 Å². The number of hydrogen-bond acceptors (Lipinski definition) is 6. The first kappa shape index (κ1) is 26.0. The third-order valence-corrected chi connectivity index (χ3v) is 8.75. The molecule has 4 aromatic rings. The first-order valence-electron chi connectivity index (χ1n) is 14.1. The minimum Gasteiger partial charge on any atom is -0.369 e. The fraction of sp³-hybridized carbons (Fsp3) is 0.467. The Morgan fingerprint density at radius 3 is 2.49 bits per heavy atom. The maximum atomic E-state index is 13.7. The molecule has 0 spiro atoms. The van der Waals surface area contributed by atoms with Crippen LogP contribution >= 0.6 is 11.6 Å². The Labute approximate surface area is 234 Å². The van der Waals surface area contributed by atoms with Crippen molar-refractivity contribution < 1.29 is 0 Å². The number of hydrogen-bond donors (Lipinski definition) is 1. The summed E-state index contributed by atoms with van der Waals surface area (Å²) in [5.74, 6) is 0.768. The molecule has 0 amide bonds. The summed E-state index contributed by atoms with van der Waals surface area (Å²) >= 11 is 6.34. The molecule has 0 bridgehead atoms. The van der Waals surface area contributed by atoms with Gasteiger partial charge in [0.25, 0.3) is 5.56 Å². The van der Waals surface area contributed by atoms with Crippen LogP contribution in [-0.4, -0.2) is 56.3 Å². The molecule has 39 heavy (non-hydrogen) atoms. The molecule has 6 rings (SSSR count). The molecular formula is C30H36ClN7O. The van der Waals surface area contributed by atoms with Crippen LogP contribution in [0.1, 0.15) is 72.3 Å². The van der Waals surface area contributed by atoms with E-state index in [2.05, 4.69) is 69.3 Å². The zero-order valence-corrected chi connectivity index (χ0v) is 23.7. The van der Waals surface area contributed by atoms with Gasteiger partial charge in [-0.05, 0) is 85.0 Å². The summed E-state index contributed by atoms with van der Waals surface area (Å²) in [4.78, 5) is 21.7. The summed E-state index contributed by atoms with van der Waals surface area (Å²) < 4.78 is 2.02. The van der Waals surface area contributed by atoms with Gasteiger partial charge in [-0.1, -0.05) is 43.0 Å². The van der Waals surface area contributed by atoms with Gasteiger partial charge in [0.2, 0.25) is 0 Å². The van der Waals surface area contributed by atoms with E-state index >= 15 is 0 Å². The molecule has 1 saturated heterocycles. The first-order valence-corrected chi connectivity index (χ1v) is 14.4. The van der Waals surface area contributed by atoms with E-state index < -0.39 is 0 Å². The monoisotopic (exact) mass is 545 g/mol. The van der Waals surface area contributed by atoms with Crippen LogP contribution < -0.4 is 10.5 Å². The molecule has 2 fully saturated rings. The van der Waals surface area contributed by atoms with E-state index in [1.807, 2.05) is 22.9 Å². The average Bonchev–Trinajstić information content (AvgIpc) is 3.41. The van der Waals surface area contributed by atoms with E-state index in [0.717, 1.165) is 71.9 Å². The molecule has 1 N–H and O–H groups in total. The lowest BCUT2D eigenvalue weighted by Gasteiger charge is -2.40. The van der Waals surface area contributed by atoms with Gasteiger partial charge < -0.3 is 9.88 Å². The van der Waals surface area contributed by atoms with Crippen molar-refractivity contribution in [1.82, 2.24) is 30.1 Å². The Balaban J connectivity index is 1.40. The first-order chi connectivity index (χ1) is 18.9. The Hall–Kier alpha value is -3.23. The number of piperazine rings is 1. The fourth-order valence-electron chi connectivity index (χ4n) is 6.50. The molecule has 3 heterocycles. The van der Waals surface area contributed by atoms with Crippen LogP contribution in [0.2, 0.25) is 5.02 Å². The highest BCUT2D eigenvalue weighted by Crippen LogP contribution is 2.34. The minimum atomic E-state index is -0.335. The van der Waals surface area contributed by atoms with Crippen LogP contribution in [0.15, 0.2) is 41.2 Å².